The van der Waals surface area contributed by atoms with Gasteiger partial charge in [-0.1, -0.05) is 47.1 Å². The molecule has 0 spiro atoms. The number of Topliss-reactive ketones (excluding diaryl/α,β-unsaturated/α-hetero) is 1. The smallest absolute Gasteiger partial charge is 0.306 e. The summed E-state index contributed by atoms with van der Waals surface area (Å²) in [5.41, 5.74) is -1.64. The highest BCUT2D eigenvalue weighted by Crippen LogP contribution is 2.22. The number of likely N-dealkylation sites (tertiary alicyclic amines) is 1. The summed E-state index contributed by atoms with van der Waals surface area (Å²) in [6.45, 7) is 23.4. The van der Waals surface area contributed by atoms with Gasteiger partial charge in [0.15, 0.2) is 0 Å². The number of amides is 7. The first kappa shape index (κ1) is 54.7. The molecule has 0 bridgehead atoms. The van der Waals surface area contributed by atoms with Crippen LogP contribution in [0.4, 0.5) is 0 Å². The van der Waals surface area contributed by atoms with Gasteiger partial charge in [0, 0.05) is 32.9 Å². The molecule has 1 saturated heterocycles. The van der Waals surface area contributed by atoms with Crippen LogP contribution in [0.1, 0.15) is 128 Å². The van der Waals surface area contributed by atoms with Crippen LogP contribution in [0, 0.1) is 11.8 Å². The molecule has 1 aliphatic rings. The third-order valence-corrected chi connectivity index (χ3v) is 9.37. The van der Waals surface area contributed by atoms with Crippen LogP contribution < -0.4 is 31.9 Å². The van der Waals surface area contributed by atoms with Crippen molar-refractivity contribution >= 4 is 59.1 Å². The molecule has 6 unspecified atom stereocenters. The summed E-state index contributed by atoms with van der Waals surface area (Å²) in [4.78, 5) is 133. The number of ether oxygens (including phenoxy) is 2. The van der Waals surface area contributed by atoms with E-state index < -0.39 is 118 Å². The highest BCUT2D eigenvalue weighted by molar-refractivity contribution is 6.38. The normalized spacial score (nSPS) is 16.2. The van der Waals surface area contributed by atoms with E-state index in [0.29, 0.717) is 6.42 Å². The van der Waals surface area contributed by atoms with Gasteiger partial charge < -0.3 is 46.3 Å². The Morgan fingerprint density at radius 1 is 0.677 bits per heavy atom. The third kappa shape index (κ3) is 19.1. The van der Waals surface area contributed by atoms with Gasteiger partial charge in [-0.05, 0) is 79.1 Å². The highest BCUT2D eigenvalue weighted by atomic mass is 16.6. The molecule has 62 heavy (non-hydrogen) atoms. The molecule has 19 nitrogen and oxygen atoms in total. The topological polar surface area (TPSA) is 265 Å². The minimum Gasteiger partial charge on any atom is -0.460 e. The quantitative estimate of drug-likeness (QED) is 0.0455. The molecule has 0 radical (unpaired) electrons. The van der Waals surface area contributed by atoms with Crippen LogP contribution in [0.5, 0.6) is 0 Å². The molecule has 0 aromatic rings. The number of nitrogens with one attached hydrogen (secondary N) is 6. The van der Waals surface area contributed by atoms with E-state index in [0.717, 1.165) is 0 Å². The van der Waals surface area contributed by atoms with E-state index in [-0.39, 0.29) is 51.6 Å². The SMILES string of the molecule is C=CCNC(=O)C(=O)C(CCC)NC(=O)C1CCN1C(=O)C(NC(=O)C(NC(=O)C(CCC(=O)OC(C)(C)C)NC(=O)C(CCC(=O)OC(C)(C)C)NC(C)=O)C(C)C)C(C)C. The van der Waals surface area contributed by atoms with Crippen LogP contribution in [0.2, 0.25) is 0 Å². The number of ketones is 1. The molecule has 1 heterocycles. The van der Waals surface area contributed by atoms with Gasteiger partial charge >= 0.3 is 11.9 Å². The molecular weight excluding hydrogens is 807 g/mol. The highest BCUT2D eigenvalue weighted by Gasteiger charge is 2.43. The molecule has 19 heteroatoms. The molecule has 0 aromatic heterocycles. The van der Waals surface area contributed by atoms with Crippen molar-refractivity contribution in [3.63, 3.8) is 0 Å². The van der Waals surface area contributed by atoms with Crippen molar-refractivity contribution in [3.05, 3.63) is 12.7 Å². The molecule has 1 rings (SSSR count). The largest absolute Gasteiger partial charge is 0.460 e. The molecule has 1 fully saturated rings. The van der Waals surface area contributed by atoms with Crippen molar-refractivity contribution in [1.82, 2.24) is 36.8 Å². The molecule has 1 aliphatic heterocycles. The Labute approximate surface area is 365 Å². The first-order chi connectivity index (χ1) is 28.6. The fourth-order valence-electron chi connectivity index (χ4n) is 6.25. The van der Waals surface area contributed by atoms with Crippen molar-refractivity contribution in [1.29, 1.82) is 0 Å². The Morgan fingerprint density at radius 2 is 1.16 bits per heavy atom. The van der Waals surface area contributed by atoms with Gasteiger partial charge in [-0.25, -0.2) is 0 Å². The van der Waals surface area contributed by atoms with E-state index in [1.807, 2.05) is 0 Å². The van der Waals surface area contributed by atoms with Gasteiger partial charge in [-0.2, -0.15) is 0 Å². The minimum atomic E-state index is -1.43. The zero-order valence-corrected chi connectivity index (χ0v) is 38.6. The van der Waals surface area contributed by atoms with Crippen molar-refractivity contribution in [2.24, 2.45) is 11.8 Å². The average Bonchev–Trinajstić information content (AvgIpc) is 3.11. The Balaban J connectivity index is 3.30. The number of carbonyl (C=O) groups is 10. The summed E-state index contributed by atoms with van der Waals surface area (Å²) in [5.74, 6) is -8.26. The molecule has 6 N–H and O–H groups in total. The maximum atomic E-state index is 14.0. The standard InChI is InChI=1S/C43H71N7O12/c1-14-16-27(35(54)40(59)44-22-15-2)46-38(57)30-21-23-50(30)41(60)34(25(5)6)49-39(58)33(24(3)4)48-37(56)29(18-20-32(53)62-43(11,12)13)47-36(55)28(45-26(7)51)17-19-31(52)61-42(8,9)10/h15,24-25,27-30,33-34H,2,14,16-23H2,1,3-13H3,(H,44,59)(H,45,51)(H,46,57)(H,47,55)(H,48,56)(H,49,58). The number of rotatable bonds is 24. The minimum absolute atomic E-state index is 0.0657. The second-order valence-corrected chi connectivity index (χ2v) is 18.1. The summed E-state index contributed by atoms with van der Waals surface area (Å²) in [5, 5.41) is 15.4. The second kappa shape index (κ2) is 24.9. The van der Waals surface area contributed by atoms with Crippen molar-refractivity contribution < 1.29 is 57.4 Å². The number of carbonyl (C=O) groups excluding carboxylic acids is 10. The van der Waals surface area contributed by atoms with Gasteiger partial charge in [-0.3, -0.25) is 47.9 Å². The lowest BCUT2D eigenvalue weighted by atomic mass is 9.94. The monoisotopic (exact) mass is 878 g/mol. The third-order valence-electron chi connectivity index (χ3n) is 9.37. The zero-order chi connectivity index (χ0) is 47.7. The maximum absolute atomic E-state index is 14.0. The maximum Gasteiger partial charge on any atom is 0.306 e. The molecule has 350 valence electrons. The van der Waals surface area contributed by atoms with Crippen LogP contribution in [-0.2, 0) is 57.4 Å². The number of hydrogen-bond acceptors (Lipinski definition) is 12. The summed E-state index contributed by atoms with van der Waals surface area (Å²) >= 11 is 0. The van der Waals surface area contributed by atoms with Crippen LogP contribution in [0.3, 0.4) is 0 Å². The fraction of sp³-hybridized carbons (Fsp3) is 0.721. The number of esters is 2. The van der Waals surface area contributed by atoms with E-state index in [4.69, 9.17) is 9.47 Å². The van der Waals surface area contributed by atoms with E-state index in [1.54, 1.807) is 76.2 Å². The van der Waals surface area contributed by atoms with E-state index in [2.05, 4.69) is 38.5 Å². The van der Waals surface area contributed by atoms with Crippen LogP contribution in [-0.4, -0.2) is 125 Å². The number of hydrogen-bond donors (Lipinski definition) is 6. The number of nitrogens with zero attached hydrogens (tertiary/aromatic N) is 1. The Hall–Kier alpha value is -5.36. The second-order valence-electron chi connectivity index (χ2n) is 18.1. The molecule has 6 atom stereocenters. The van der Waals surface area contributed by atoms with Crippen molar-refractivity contribution in [3.8, 4) is 0 Å². The Bertz CT molecular complexity index is 1650. The summed E-state index contributed by atoms with van der Waals surface area (Å²) < 4.78 is 10.7. The average molecular weight is 878 g/mol. The lowest BCUT2D eigenvalue weighted by Gasteiger charge is -2.43. The van der Waals surface area contributed by atoms with Gasteiger partial charge in [0.1, 0.15) is 41.4 Å². The first-order valence-electron chi connectivity index (χ1n) is 21.3. The molecule has 0 aromatic carbocycles. The lowest BCUT2D eigenvalue weighted by Crippen LogP contribution is -2.65. The zero-order valence-electron chi connectivity index (χ0n) is 38.6. The van der Waals surface area contributed by atoms with E-state index in [1.165, 1.54) is 17.9 Å². The molecular formula is C43H71N7O12. The molecule has 0 saturated carbocycles. The summed E-state index contributed by atoms with van der Waals surface area (Å²) in [7, 11) is 0. The van der Waals surface area contributed by atoms with Crippen molar-refractivity contribution in [2.75, 3.05) is 13.1 Å². The molecule has 0 aliphatic carbocycles. The summed E-state index contributed by atoms with van der Waals surface area (Å²) in [6.07, 6.45) is 1.35. The van der Waals surface area contributed by atoms with E-state index >= 15 is 0 Å². The van der Waals surface area contributed by atoms with Gasteiger partial charge in [-0.15, -0.1) is 6.58 Å². The van der Waals surface area contributed by atoms with Crippen LogP contribution in [0.15, 0.2) is 12.7 Å². The van der Waals surface area contributed by atoms with Gasteiger partial charge in [0.25, 0.3) is 5.91 Å². The van der Waals surface area contributed by atoms with Gasteiger partial charge in [0.2, 0.25) is 41.2 Å². The molecule has 7 amide bonds. The Kier molecular flexibility index (Phi) is 22.0. The first-order valence-corrected chi connectivity index (χ1v) is 21.3. The van der Waals surface area contributed by atoms with Crippen LogP contribution in [0.25, 0.3) is 0 Å². The predicted molar refractivity (Wildman–Crippen MR) is 228 cm³/mol. The van der Waals surface area contributed by atoms with Crippen molar-refractivity contribution in [2.45, 2.75) is 175 Å². The van der Waals surface area contributed by atoms with Crippen LogP contribution >= 0.6 is 0 Å². The van der Waals surface area contributed by atoms with E-state index in [9.17, 15) is 47.9 Å². The lowest BCUT2D eigenvalue weighted by molar-refractivity contribution is -0.156. The summed E-state index contributed by atoms with van der Waals surface area (Å²) in [6, 6.07) is -7.20. The Morgan fingerprint density at radius 3 is 1.58 bits per heavy atom. The van der Waals surface area contributed by atoms with Gasteiger partial charge in [0.05, 0.1) is 6.04 Å². The predicted octanol–water partition coefficient (Wildman–Crippen LogP) is 1.26. The fourth-order valence-corrected chi connectivity index (χ4v) is 6.25.